The molecule has 0 aliphatic rings. The Kier molecular flexibility index (Phi) is 4.17. The number of carbonyl (C=O) groups excluding carboxylic acids is 1. The molecule has 102 valence electrons. The number of nitrogens with two attached hydrogens (primary N) is 1. The maximum absolute atomic E-state index is 11.7. The number of benzene rings is 1. The summed E-state index contributed by atoms with van der Waals surface area (Å²) >= 11 is 11.9. The standard InChI is InChI=1S/C12H14Cl2N4O/c1-2-3-16-11(19)6-18-10-5-8(14)7(13)4-9(10)17-12(18)15/h4-5H,2-3,6H2,1H3,(H2,15,17)(H,16,19). The van der Waals surface area contributed by atoms with Crippen LogP contribution in [0.4, 0.5) is 5.95 Å². The summed E-state index contributed by atoms with van der Waals surface area (Å²) in [6.45, 7) is 2.74. The number of nitrogen functional groups attached to an aromatic ring is 1. The molecule has 0 aliphatic carbocycles. The van der Waals surface area contributed by atoms with Crippen LogP contribution in [-0.4, -0.2) is 22.0 Å². The summed E-state index contributed by atoms with van der Waals surface area (Å²) in [5.41, 5.74) is 7.13. The molecule has 7 heteroatoms. The molecule has 1 amide bonds. The van der Waals surface area contributed by atoms with E-state index in [4.69, 9.17) is 28.9 Å². The number of imidazole rings is 1. The van der Waals surface area contributed by atoms with Crippen molar-refractivity contribution < 1.29 is 4.79 Å². The van der Waals surface area contributed by atoms with Crippen LogP contribution in [0.5, 0.6) is 0 Å². The number of hydrogen-bond donors (Lipinski definition) is 2. The third-order valence-electron chi connectivity index (χ3n) is 2.69. The highest BCUT2D eigenvalue weighted by Crippen LogP contribution is 2.28. The first-order valence-corrected chi connectivity index (χ1v) is 6.66. The van der Waals surface area contributed by atoms with Crippen molar-refractivity contribution in [2.24, 2.45) is 0 Å². The Hall–Kier alpha value is -1.46. The molecule has 3 N–H and O–H groups in total. The highest BCUT2D eigenvalue weighted by atomic mass is 35.5. The number of rotatable bonds is 4. The molecule has 5 nitrogen and oxygen atoms in total. The molecule has 1 heterocycles. The van der Waals surface area contributed by atoms with E-state index in [0.29, 0.717) is 27.6 Å². The number of nitrogens with zero attached hydrogens (tertiary/aromatic N) is 2. The van der Waals surface area contributed by atoms with Crippen LogP contribution in [0.2, 0.25) is 10.0 Å². The summed E-state index contributed by atoms with van der Waals surface area (Å²) in [4.78, 5) is 15.9. The maximum atomic E-state index is 11.7. The van der Waals surface area contributed by atoms with Crippen LogP contribution < -0.4 is 11.1 Å². The Bertz CT molecular complexity index is 624. The molecule has 2 rings (SSSR count). The van der Waals surface area contributed by atoms with Gasteiger partial charge >= 0.3 is 0 Å². The number of halogens is 2. The summed E-state index contributed by atoms with van der Waals surface area (Å²) in [7, 11) is 0. The lowest BCUT2D eigenvalue weighted by Gasteiger charge is -2.07. The van der Waals surface area contributed by atoms with Gasteiger partial charge in [-0.25, -0.2) is 4.98 Å². The van der Waals surface area contributed by atoms with Crippen molar-refractivity contribution in [1.29, 1.82) is 0 Å². The van der Waals surface area contributed by atoms with E-state index in [1.807, 2.05) is 6.92 Å². The molecule has 0 bridgehead atoms. The van der Waals surface area contributed by atoms with Gasteiger partial charge in [-0.05, 0) is 18.6 Å². The minimum absolute atomic E-state index is 0.111. The number of hydrogen-bond acceptors (Lipinski definition) is 3. The van der Waals surface area contributed by atoms with E-state index in [9.17, 15) is 4.79 Å². The molecule has 0 saturated heterocycles. The lowest BCUT2D eigenvalue weighted by molar-refractivity contribution is -0.121. The lowest BCUT2D eigenvalue weighted by atomic mass is 10.3. The average molecular weight is 301 g/mol. The van der Waals surface area contributed by atoms with Gasteiger partial charge in [-0.1, -0.05) is 30.1 Å². The molecule has 0 atom stereocenters. The molecule has 0 aliphatic heterocycles. The van der Waals surface area contributed by atoms with Crippen molar-refractivity contribution in [3.8, 4) is 0 Å². The fourth-order valence-corrected chi connectivity index (χ4v) is 2.08. The summed E-state index contributed by atoms with van der Waals surface area (Å²) in [6, 6.07) is 3.30. The fourth-order valence-electron chi connectivity index (χ4n) is 1.77. The van der Waals surface area contributed by atoms with Crippen molar-refractivity contribution in [2.75, 3.05) is 12.3 Å². The van der Waals surface area contributed by atoms with Gasteiger partial charge < -0.3 is 15.6 Å². The van der Waals surface area contributed by atoms with E-state index in [0.717, 1.165) is 6.42 Å². The Balaban J connectivity index is 2.34. The number of aromatic nitrogens is 2. The summed E-state index contributed by atoms with van der Waals surface area (Å²) in [5.74, 6) is 0.152. The van der Waals surface area contributed by atoms with Gasteiger partial charge in [0.1, 0.15) is 6.54 Å². The monoisotopic (exact) mass is 300 g/mol. The van der Waals surface area contributed by atoms with Crippen molar-refractivity contribution in [2.45, 2.75) is 19.9 Å². The van der Waals surface area contributed by atoms with Crippen LogP contribution in [0.25, 0.3) is 11.0 Å². The fraction of sp³-hybridized carbons (Fsp3) is 0.333. The van der Waals surface area contributed by atoms with Gasteiger partial charge in [0.05, 0.1) is 21.1 Å². The van der Waals surface area contributed by atoms with Crippen LogP contribution in [-0.2, 0) is 11.3 Å². The third-order valence-corrected chi connectivity index (χ3v) is 3.42. The zero-order valence-corrected chi connectivity index (χ0v) is 11.9. The van der Waals surface area contributed by atoms with Gasteiger partial charge in [-0.3, -0.25) is 4.79 Å². The van der Waals surface area contributed by atoms with E-state index < -0.39 is 0 Å². The first-order valence-electron chi connectivity index (χ1n) is 5.90. The molecule has 2 aromatic rings. The van der Waals surface area contributed by atoms with Gasteiger partial charge in [-0.15, -0.1) is 0 Å². The van der Waals surface area contributed by atoms with Gasteiger partial charge in [0.15, 0.2) is 0 Å². The van der Waals surface area contributed by atoms with E-state index in [-0.39, 0.29) is 18.4 Å². The SMILES string of the molecule is CCCNC(=O)Cn1c(N)nc2cc(Cl)c(Cl)cc21. The lowest BCUT2D eigenvalue weighted by Crippen LogP contribution is -2.28. The molecular weight excluding hydrogens is 287 g/mol. The first-order chi connectivity index (χ1) is 9.02. The number of nitrogens with one attached hydrogen (secondary N) is 1. The van der Waals surface area contributed by atoms with Gasteiger partial charge in [0, 0.05) is 6.54 Å². The van der Waals surface area contributed by atoms with Crippen LogP contribution in [0, 0.1) is 0 Å². The van der Waals surface area contributed by atoms with E-state index >= 15 is 0 Å². The van der Waals surface area contributed by atoms with Crippen molar-refractivity contribution in [1.82, 2.24) is 14.9 Å². The van der Waals surface area contributed by atoms with E-state index in [2.05, 4.69) is 10.3 Å². The Morgan fingerprint density at radius 1 is 1.42 bits per heavy atom. The second kappa shape index (κ2) is 5.67. The van der Waals surface area contributed by atoms with Crippen molar-refractivity contribution in [3.63, 3.8) is 0 Å². The molecule has 0 saturated carbocycles. The van der Waals surface area contributed by atoms with Crippen molar-refractivity contribution >= 4 is 46.1 Å². The van der Waals surface area contributed by atoms with Crippen LogP contribution in [0.1, 0.15) is 13.3 Å². The predicted octanol–water partition coefficient (Wildman–Crippen LogP) is 2.45. The quantitative estimate of drug-likeness (QED) is 0.911. The molecule has 0 spiro atoms. The van der Waals surface area contributed by atoms with Crippen LogP contribution in [0.15, 0.2) is 12.1 Å². The predicted molar refractivity (Wildman–Crippen MR) is 77.5 cm³/mol. The van der Waals surface area contributed by atoms with Crippen LogP contribution >= 0.6 is 23.2 Å². The summed E-state index contributed by atoms with van der Waals surface area (Å²) in [6.07, 6.45) is 0.882. The first kappa shape index (κ1) is 14.0. The maximum Gasteiger partial charge on any atom is 0.240 e. The van der Waals surface area contributed by atoms with E-state index in [1.54, 1.807) is 16.7 Å². The summed E-state index contributed by atoms with van der Waals surface area (Å²) < 4.78 is 1.61. The minimum atomic E-state index is -0.112. The van der Waals surface area contributed by atoms with Crippen LogP contribution in [0.3, 0.4) is 0 Å². The molecule has 0 fully saturated rings. The largest absolute Gasteiger partial charge is 0.369 e. The third kappa shape index (κ3) is 2.93. The Labute approximate surface area is 120 Å². The second-order valence-electron chi connectivity index (χ2n) is 4.16. The molecule has 19 heavy (non-hydrogen) atoms. The average Bonchev–Trinajstić information content (AvgIpc) is 2.64. The Morgan fingerprint density at radius 2 is 2.11 bits per heavy atom. The zero-order chi connectivity index (χ0) is 14.0. The zero-order valence-electron chi connectivity index (χ0n) is 10.4. The van der Waals surface area contributed by atoms with Gasteiger partial charge in [0.2, 0.25) is 11.9 Å². The highest BCUT2D eigenvalue weighted by Gasteiger charge is 2.13. The molecule has 1 aromatic heterocycles. The molecule has 0 radical (unpaired) electrons. The van der Waals surface area contributed by atoms with Gasteiger partial charge in [-0.2, -0.15) is 0 Å². The smallest absolute Gasteiger partial charge is 0.240 e. The second-order valence-corrected chi connectivity index (χ2v) is 4.98. The molecule has 0 unspecified atom stereocenters. The number of amides is 1. The Morgan fingerprint density at radius 3 is 2.79 bits per heavy atom. The topological polar surface area (TPSA) is 72.9 Å². The van der Waals surface area contributed by atoms with Crippen molar-refractivity contribution in [3.05, 3.63) is 22.2 Å². The number of anilines is 1. The molecule has 1 aromatic carbocycles. The van der Waals surface area contributed by atoms with E-state index in [1.165, 1.54) is 0 Å². The highest BCUT2D eigenvalue weighted by molar-refractivity contribution is 6.42. The normalized spacial score (nSPS) is 10.9. The summed E-state index contributed by atoms with van der Waals surface area (Å²) in [5, 5.41) is 3.60. The number of fused-ring (bicyclic) bond motifs is 1. The minimum Gasteiger partial charge on any atom is -0.369 e. The van der Waals surface area contributed by atoms with Gasteiger partial charge in [0.25, 0.3) is 0 Å². The number of carbonyl (C=O) groups is 1. The molecular formula is C12H14Cl2N4O.